The highest BCUT2D eigenvalue weighted by atomic mass is 16.5. The highest BCUT2D eigenvalue weighted by molar-refractivity contribution is 5.48. The average Bonchev–Trinajstić information content (AvgIpc) is 2.50. The Labute approximate surface area is 124 Å². The third-order valence-electron chi connectivity index (χ3n) is 3.29. The van der Waals surface area contributed by atoms with Gasteiger partial charge in [-0.3, -0.25) is 0 Å². The molecule has 0 aliphatic heterocycles. The first kappa shape index (κ1) is 16.6. The summed E-state index contributed by atoms with van der Waals surface area (Å²) in [4.78, 5) is 0. The van der Waals surface area contributed by atoms with E-state index in [4.69, 9.17) is 4.74 Å². The van der Waals surface area contributed by atoms with Crippen LogP contribution in [0, 0.1) is 0 Å². The van der Waals surface area contributed by atoms with E-state index in [0.717, 1.165) is 30.8 Å². The van der Waals surface area contributed by atoms with Crippen LogP contribution in [0.4, 0.5) is 0 Å². The molecule has 1 heteroatoms. The van der Waals surface area contributed by atoms with Gasteiger partial charge in [0.1, 0.15) is 5.75 Å². The lowest BCUT2D eigenvalue weighted by atomic mass is 10.1. The summed E-state index contributed by atoms with van der Waals surface area (Å²) in [5, 5.41) is 0. The molecule has 0 atom stereocenters. The monoisotopic (exact) mass is 272 g/mol. The molecule has 0 saturated carbocycles. The average molecular weight is 272 g/mol. The first-order valence-electron chi connectivity index (χ1n) is 7.87. The minimum atomic E-state index is 0.785. The van der Waals surface area contributed by atoms with Gasteiger partial charge in [-0.15, -0.1) is 0 Å². The van der Waals surface area contributed by atoms with E-state index in [1.54, 1.807) is 0 Å². The maximum atomic E-state index is 5.70. The van der Waals surface area contributed by atoms with Crippen LogP contribution in [0.2, 0.25) is 0 Å². The zero-order valence-electron chi connectivity index (χ0n) is 12.8. The van der Waals surface area contributed by atoms with Crippen molar-refractivity contribution in [3.8, 4) is 5.75 Å². The zero-order chi connectivity index (χ0) is 14.5. The molecule has 1 aromatic rings. The lowest BCUT2D eigenvalue weighted by Crippen LogP contribution is -1.96. The largest absolute Gasteiger partial charge is 0.494 e. The van der Waals surface area contributed by atoms with Crippen LogP contribution >= 0.6 is 0 Å². The van der Waals surface area contributed by atoms with E-state index < -0.39 is 0 Å². The van der Waals surface area contributed by atoms with Gasteiger partial charge >= 0.3 is 0 Å². The fourth-order valence-electron chi connectivity index (χ4n) is 2.02. The van der Waals surface area contributed by atoms with Gasteiger partial charge in [0.25, 0.3) is 0 Å². The maximum absolute atomic E-state index is 5.70. The number of ether oxygens (including phenoxy) is 1. The van der Waals surface area contributed by atoms with Gasteiger partial charge in [-0.05, 0) is 43.4 Å². The van der Waals surface area contributed by atoms with Gasteiger partial charge in [0.05, 0.1) is 6.61 Å². The number of unbranched alkanes of at least 4 members (excludes halogenated alkanes) is 5. The number of hydrogen-bond donors (Lipinski definition) is 0. The van der Waals surface area contributed by atoms with Gasteiger partial charge in [0.15, 0.2) is 0 Å². The molecule has 1 rings (SSSR count). The third kappa shape index (κ3) is 7.83. The van der Waals surface area contributed by atoms with Gasteiger partial charge in [0, 0.05) is 0 Å². The van der Waals surface area contributed by atoms with Crippen LogP contribution in [0.5, 0.6) is 5.75 Å². The van der Waals surface area contributed by atoms with Crippen molar-refractivity contribution in [2.24, 2.45) is 0 Å². The Morgan fingerprint density at radius 1 is 0.950 bits per heavy atom. The van der Waals surface area contributed by atoms with Crippen molar-refractivity contribution in [3.05, 3.63) is 48.6 Å². The zero-order valence-corrected chi connectivity index (χ0v) is 12.8. The predicted octanol–water partition coefficient (Wildman–Crippen LogP) is 6.02. The fraction of sp³-hybridized carbons (Fsp3) is 0.474. The fourth-order valence-corrected chi connectivity index (χ4v) is 2.02. The highest BCUT2D eigenvalue weighted by Crippen LogP contribution is 2.13. The molecular formula is C19H28O. The van der Waals surface area contributed by atoms with E-state index in [9.17, 15) is 0 Å². The van der Waals surface area contributed by atoms with Crippen molar-refractivity contribution in [2.45, 2.75) is 51.9 Å². The topological polar surface area (TPSA) is 9.23 Å². The number of rotatable bonds is 11. The normalized spacial score (nSPS) is 10.8. The summed E-state index contributed by atoms with van der Waals surface area (Å²) < 4.78 is 5.70. The second-order valence-corrected chi connectivity index (χ2v) is 5.08. The quantitative estimate of drug-likeness (QED) is 0.354. The molecule has 20 heavy (non-hydrogen) atoms. The molecule has 110 valence electrons. The molecule has 0 unspecified atom stereocenters. The third-order valence-corrected chi connectivity index (χ3v) is 3.29. The summed E-state index contributed by atoms with van der Waals surface area (Å²) in [6, 6.07) is 8.05. The van der Waals surface area contributed by atoms with E-state index in [-0.39, 0.29) is 0 Å². The predicted molar refractivity (Wildman–Crippen MR) is 89.2 cm³/mol. The lowest BCUT2D eigenvalue weighted by Gasteiger charge is -2.05. The van der Waals surface area contributed by atoms with Crippen molar-refractivity contribution < 1.29 is 4.74 Å². The van der Waals surface area contributed by atoms with Crippen molar-refractivity contribution in [1.82, 2.24) is 0 Å². The molecule has 0 spiro atoms. The van der Waals surface area contributed by atoms with Gasteiger partial charge in [0.2, 0.25) is 0 Å². The summed E-state index contributed by atoms with van der Waals surface area (Å²) in [6.07, 6.45) is 15.2. The molecule has 0 aromatic heterocycles. The Balaban J connectivity index is 2.01. The van der Waals surface area contributed by atoms with E-state index in [2.05, 4.69) is 25.7 Å². The van der Waals surface area contributed by atoms with Gasteiger partial charge < -0.3 is 4.74 Å². The number of benzene rings is 1. The van der Waals surface area contributed by atoms with Crippen molar-refractivity contribution >= 4 is 6.08 Å². The Morgan fingerprint density at radius 3 is 2.30 bits per heavy atom. The molecule has 0 heterocycles. The Kier molecular flexibility index (Phi) is 9.38. The summed E-state index contributed by atoms with van der Waals surface area (Å²) >= 11 is 0. The second-order valence-electron chi connectivity index (χ2n) is 5.08. The van der Waals surface area contributed by atoms with Crippen LogP contribution in [-0.4, -0.2) is 6.61 Å². The molecule has 0 radical (unpaired) electrons. The smallest absolute Gasteiger partial charge is 0.119 e. The van der Waals surface area contributed by atoms with Gasteiger partial charge in [-0.2, -0.15) is 0 Å². The summed E-state index contributed by atoms with van der Waals surface area (Å²) in [5.74, 6) is 0.944. The molecule has 1 nitrogen and oxygen atoms in total. The highest BCUT2D eigenvalue weighted by Gasteiger charge is 1.93. The summed E-state index contributed by atoms with van der Waals surface area (Å²) in [5.41, 5.74) is 1.13. The van der Waals surface area contributed by atoms with Crippen LogP contribution < -0.4 is 4.74 Å². The molecule has 0 fully saturated rings. The van der Waals surface area contributed by atoms with E-state index in [1.165, 1.54) is 32.1 Å². The number of hydrogen-bond acceptors (Lipinski definition) is 1. The van der Waals surface area contributed by atoms with Crippen molar-refractivity contribution in [1.29, 1.82) is 0 Å². The minimum absolute atomic E-state index is 0.785. The summed E-state index contributed by atoms with van der Waals surface area (Å²) in [7, 11) is 0. The van der Waals surface area contributed by atoms with Crippen LogP contribution in [0.1, 0.15) is 57.4 Å². The SMILES string of the molecule is C=Cc1ccc(OCCC/C=C\CCCCCC)cc1. The van der Waals surface area contributed by atoms with E-state index >= 15 is 0 Å². The Bertz CT molecular complexity index is 375. The first-order chi connectivity index (χ1) is 9.86. The van der Waals surface area contributed by atoms with Crippen LogP contribution in [0.3, 0.4) is 0 Å². The van der Waals surface area contributed by atoms with E-state index in [1.807, 2.05) is 30.3 Å². The van der Waals surface area contributed by atoms with Crippen molar-refractivity contribution in [2.75, 3.05) is 6.61 Å². The number of allylic oxidation sites excluding steroid dienone is 2. The van der Waals surface area contributed by atoms with Crippen LogP contribution in [0.15, 0.2) is 43.0 Å². The lowest BCUT2D eigenvalue weighted by molar-refractivity contribution is 0.312. The first-order valence-corrected chi connectivity index (χ1v) is 7.87. The van der Waals surface area contributed by atoms with Crippen LogP contribution in [0.25, 0.3) is 6.08 Å². The molecule has 0 aliphatic carbocycles. The maximum Gasteiger partial charge on any atom is 0.119 e. The van der Waals surface area contributed by atoms with Crippen molar-refractivity contribution in [3.63, 3.8) is 0 Å². The molecular weight excluding hydrogens is 244 g/mol. The van der Waals surface area contributed by atoms with Gasteiger partial charge in [-0.25, -0.2) is 0 Å². The standard InChI is InChI=1S/C19H28O/c1-3-5-6-7-8-9-10-11-12-17-20-19-15-13-18(4-2)14-16-19/h4,9-10,13-16H,2-3,5-8,11-12,17H2,1H3/b10-9-. The molecule has 0 bridgehead atoms. The second kappa shape index (κ2) is 11.3. The Morgan fingerprint density at radius 2 is 1.65 bits per heavy atom. The molecule has 0 saturated heterocycles. The molecule has 0 amide bonds. The summed E-state index contributed by atoms with van der Waals surface area (Å²) in [6.45, 7) is 6.78. The molecule has 0 aliphatic rings. The molecule has 0 N–H and O–H groups in total. The minimum Gasteiger partial charge on any atom is -0.494 e. The Hall–Kier alpha value is -1.50. The molecule has 1 aromatic carbocycles. The van der Waals surface area contributed by atoms with E-state index in [0.29, 0.717) is 0 Å². The van der Waals surface area contributed by atoms with Gasteiger partial charge in [-0.1, -0.05) is 63.1 Å². The van der Waals surface area contributed by atoms with Crippen LogP contribution in [-0.2, 0) is 0 Å².